The van der Waals surface area contributed by atoms with Crippen LogP contribution in [0.15, 0.2) is 0 Å². The molecule has 0 bridgehead atoms. The smallest absolute Gasteiger partial charge is 0.0101 e. The molecule has 80 valence electrons. The van der Waals surface area contributed by atoms with E-state index in [2.05, 4.69) is 12.8 Å². The Morgan fingerprint density at radius 1 is 1.50 bits per heavy atom. The van der Waals surface area contributed by atoms with Crippen LogP contribution in [0.3, 0.4) is 0 Å². The lowest BCUT2D eigenvalue weighted by molar-refractivity contribution is 0.224. The second-order valence-electron chi connectivity index (χ2n) is 4.61. The van der Waals surface area contributed by atoms with Gasteiger partial charge in [-0.1, -0.05) is 26.2 Å². The first-order chi connectivity index (χ1) is 6.77. The van der Waals surface area contributed by atoms with Crippen LogP contribution in [0.2, 0.25) is 0 Å². The Bertz CT molecular complexity index is 192. The van der Waals surface area contributed by atoms with Crippen molar-refractivity contribution >= 4 is 0 Å². The van der Waals surface area contributed by atoms with E-state index in [-0.39, 0.29) is 0 Å². The predicted molar refractivity (Wildman–Crippen MR) is 61.8 cm³/mol. The summed E-state index contributed by atoms with van der Waals surface area (Å²) in [4.78, 5) is 0. The maximum Gasteiger partial charge on any atom is 0.0101 e. The average Bonchev–Trinajstić information content (AvgIpc) is 2.26. The van der Waals surface area contributed by atoms with Gasteiger partial charge < -0.3 is 5.73 Å². The zero-order valence-electron chi connectivity index (χ0n) is 9.34. The Labute approximate surface area is 88.5 Å². The third-order valence-electron chi connectivity index (χ3n) is 3.63. The zero-order chi connectivity index (χ0) is 10.4. The van der Waals surface area contributed by atoms with E-state index in [9.17, 15) is 0 Å². The van der Waals surface area contributed by atoms with E-state index in [0.717, 1.165) is 24.7 Å². The Morgan fingerprint density at radius 3 is 2.93 bits per heavy atom. The van der Waals surface area contributed by atoms with Gasteiger partial charge in [0.2, 0.25) is 0 Å². The van der Waals surface area contributed by atoms with Gasteiger partial charge in [-0.3, -0.25) is 0 Å². The SMILES string of the molecule is C#CCCC(N)C1CCCC(CC)C1. The van der Waals surface area contributed by atoms with Gasteiger partial charge in [0.1, 0.15) is 0 Å². The van der Waals surface area contributed by atoms with Crippen LogP contribution in [-0.4, -0.2) is 6.04 Å². The lowest BCUT2D eigenvalue weighted by Gasteiger charge is -2.32. The van der Waals surface area contributed by atoms with Gasteiger partial charge in [0.15, 0.2) is 0 Å². The quantitative estimate of drug-likeness (QED) is 0.683. The molecule has 0 aromatic rings. The molecule has 0 radical (unpaired) electrons. The fraction of sp³-hybridized carbons (Fsp3) is 0.846. The van der Waals surface area contributed by atoms with Crippen LogP contribution in [-0.2, 0) is 0 Å². The van der Waals surface area contributed by atoms with Crippen LogP contribution >= 0.6 is 0 Å². The molecule has 0 spiro atoms. The minimum atomic E-state index is 0.348. The lowest BCUT2D eigenvalue weighted by atomic mass is 9.76. The molecule has 1 aliphatic rings. The first-order valence-electron chi connectivity index (χ1n) is 5.97. The highest BCUT2D eigenvalue weighted by molar-refractivity contribution is 4.88. The van der Waals surface area contributed by atoms with Crippen LogP contribution in [0.25, 0.3) is 0 Å². The molecule has 0 aromatic heterocycles. The van der Waals surface area contributed by atoms with Gasteiger partial charge in [-0.05, 0) is 31.1 Å². The van der Waals surface area contributed by atoms with E-state index >= 15 is 0 Å². The summed E-state index contributed by atoms with van der Waals surface area (Å²) in [6.45, 7) is 2.29. The largest absolute Gasteiger partial charge is 0.327 e. The monoisotopic (exact) mass is 193 g/mol. The van der Waals surface area contributed by atoms with Crippen molar-refractivity contribution in [3.05, 3.63) is 0 Å². The predicted octanol–water partition coefficient (Wildman–Crippen LogP) is 2.94. The van der Waals surface area contributed by atoms with Crippen molar-refractivity contribution in [3.8, 4) is 12.3 Å². The minimum Gasteiger partial charge on any atom is -0.327 e. The summed E-state index contributed by atoms with van der Waals surface area (Å²) < 4.78 is 0. The van der Waals surface area contributed by atoms with Gasteiger partial charge in [-0.2, -0.15) is 0 Å². The topological polar surface area (TPSA) is 26.0 Å². The maximum absolute atomic E-state index is 6.16. The van der Waals surface area contributed by atoms with E-state index in [1.165, 1.54) is 32.1 Å². The fourth-order valence-corrected chi connectivity index (χ4v) is 2.58. The Kier molecular flexibility index (Phi) is 5.04. The minimum absolute atomic E-state index is 0.348. The molecule has 1 heteroatoms. The van der Waals surface area contributed by atoms with Crippen molar-refractivity contribution in [2.75, 3.05) is 0 Å². The molecule has 1 nitrogen and oxygen atoms in total. The van der Waals surface area contributed by atoms with E-state index in [1.807, 2.05) is 0 Å². The van der Waals surface area contributed by atoms with Crippen LogP contribution in [0.5, 0.6) is 0 Å². The van der Waals surface area contributed by atoms with Gasteiger partial charge in [0.05, 0.1) is 0 Å². The Balaban J connectivity index is 2.32. The molecule has 14 heavy (non-hydrogen) atoms. The summed E-state index contributed by atoms with van der Waals surface area (Å²) in [6, 6.07) is 0.348. The van der Waals surface area contributed by atoms with Gasteiger partial charge in [0, 0.05) is 12.5 Å². The molecule has 0 saturated heterocycles. The standard InChI is InChI=1S/C13H23N/c1-3-5-9-13(14)12-8-6-7-11(4-2)10-12/h1,11-13H,4-10,14H2,2H3. The van der Waals surface area contributed by atoms with Crippen molar-refractivity contribution in [2.45, 2.75) is 57.9 Å². The van der Waals surface area contributed by atoms with E-state index in [4.69, 9.17) is 12.2 Å². The van der Waals surface area contributed by atoms with Gasteiger partial charge >= 0.3 is 0 Å². The molecule has 1 saturated carbocycles. The van der Waals surface area contributed by atoms with Crippen LogP contribution in [0.1, 0.15) is 51.9 Å². The fourth-order valence-electron chi connectivity index (χ4n) is 2.58. The summed E-state index contributed by atoms with van der Waals surface area (Å²) in [5.41, 5.74) is 6.16. The Morgan fingerprint density at radius 2 is 2.29 bits per heavy atom. The van der Waals surface area contributed by atoms with Crippen molar-refractivity contribution in [1.29, 1.82) is 0 Å². The molecule has 0 heterocycles. The van der Waals surface area contributed by atoms with Gasteiger partial charge in [-0.15, -0.1) is 12.3 Å². The van der Waals surface area contributed by atoms with Crippen LogP contribution < -0.4 is 5.73 Å². The van der Waals surface area contributed by atoms with Crippen LogP contribution in [0.4, 0.5) is 0 Å². The first-order valence-corrected chi connectivity index (χ1v) is 5.97. The average molecular weight is 193 g/mol. The Hall–Kier alpha value is -0.480. The lowest BCUT2D eigenvalue weighted by Crippen LogP contribution is -2.33. The van der Waals surface area contributed by atoms with Crippen molar-refractivity contribution in [3.63, 3.8) is 0 Å². The van der Waals surface area contributed by atoms with E-state index in [0.29, 0.717) is 6.04 Å². The molecule has 1 fully saturated rings. The summed E-state index contributed by atoms with van der Waals surface area (Å²) in [5, 5.41) is 0. The molecule has 2 N–H and O–H groups in total. The molecule has 1 aliphatic carbocycles. The molecule has 0 aromatic carbocycles. The highest BCUT2D eigenvalue weighted by Crippen LogP contribution is 2.33. The zero-order valence-corrected chi connectivity index (χ0v) is 9.34. The maximum atomic E-state index is 6.16. The van der Waals surface area contributed by atoms with Gasteiger partial charge in [-0.25, -0.2) is 0 Å². The first kappa shape index (κ1) is 11.6. The molecule has 0 aliphatic heterocycles. The number of terminal acetylenes is 1. The number of rotatable bonds is 4. The molecular formula is C13H23N. The van der Waals surface area contributed by atoms with E-state index < -0.39 is 0 Å². The molecule has 1 rings (SSSR count). The number of hydrogen-bond acceptors (Lipinski definition) is 1. The van der Waals surface area contributed by atoms with Crippen molar-refractivity contribution in [1.82, 2.24) is 0 Å². The molecule has 3 unspecified atom stereocenters. The third kappa shape index (κ3) is 3.35. The highest BCUT2D eigenvalue weighted by Gasteiger charge is 2.24. The van der Waals surface area contributed by atoms with E-state index in [1.54, 1.807) is 0 Å². The van der Waals surface area contributed by atoms with Gasteiger partial charge in [0.25, 0.3) is 0 Å². The third-order valence-corrected chi connectivity index (χ3v) is 3.63. The molecule has 3 atom stereocenters. The van der Waals surface area contributed by atoms with Crippen LogP contribution in [0, 0.1) is 24.2 Å². The number of hydrogen-bond donors (Lipinski definition) is 1. The summed E-state index contributed by atoms with van der Waals surface area (Å²) in [5.74, 6) is 4.34. The molecule has 0 amide bonds. The summed E-state index contributed by atoms with van der Waals surface area (Å²) >= 11 is 0. The second-order valence-corrected chi connectivity index (χ2v) is 4.61. The highest BCUT2D eigenvalue weighted by atomic mass is 14.6. The van der Waals surface area contributed by atoms with Crippen molar-refractivity contribution < 1.29 is 0 Å². The summed E-state index contributed by atoms with van der Waals surface area (Å²) in [7, 11) is 0. The molecular weight excluding hydrogens is 170 g/mol. The normalized spacial score (nSPS) is 29.5. The second kappa shape index (κ2) is 6.09. The number of nitrogens with two attached hydrogens (primary N) is 1. The summed E-state index contributed by atoms with van der Waals surface area (Å²) in [6.07, 6.45) is 13.9. The van der Waals surface area contributed by atoms with Crippen molar-refractivity contribution in [2.24, 2.45) is 17.6 Å².